The zero-order chi connectivity index (χ0) is 16.3. The minimum Gasteiger partial charge on any atom is -0.491 e. The highest BCUT2D eigenvalue weighted by Gasteiger charge is 2.39. The molecule has 0 spiro atoms. The summed E-state index contributed by atoms with van der Waals surface area (Å²) >= 11 is 0. The van der Waals surface area contributed by atoms with Crippen molar-refractivity contribution in [3.63, 3.8) is 0 Å². The molecule has 124 valence electrons. The molecule has 0 aromatic heterocycles. The van der Waals surface area contributed by atoms with Gasteiger partial charge in [0.1, 0.15) is 23.7 Å². The molecule has 1 aromatic rings. The fourth-order valence-corrected chi connectivity index (χ4v) is 2.33. The number of benzene rings is 1. The van der Waals surface area contributed by atoms with Gasteiger partial charge in [-0.1, -0.05) is 0 Å². The number of morpholine rings is 1. The molecular formula is C15H19F4NO2. The monoisotopic (exact) mass is 321 g/mol. The Bertz CT molecular complexity index is 525. The summed E-state index contributed by atoms with van der Waals surface area (Å²) in [5.74, 6) is -1.70. The highest BCUT2D eigenvalue weighted by atomic mass is 19.4. The lowest BCUT2D eigenvalue weighted by atomic mass is 10.0. The van der Waals surface area contributed by atoms with Crippen LogP contribution in [0.3, 0.4) is 0 Å². The summed E-state index contributed by atoms with van der Waals surface area (Å²) in [6.07, 6.45) is -4.78. The van der Waals surface area contributed by atoms with Gasteiger partial charge in [0.25, 0.3) is 0 Å². The number of aryl methyl sites for hydroxylation is 1. The van der Waals surface area contributed by atoms with Crippen molar-refractivity contribution in [2.24, 2.45) is 0 Å². The Morgan fingerprint density at radius 1 is 1.23 bits per heavy atom. The predicted octanol–water partition coefficient (Wildman–Crippen LogP) is 3.17. The van der Waals surface area contributed by atoms with E-state index >= 15 is 0 Å². The Labute approximate surface area is 126 Å². The highest BCUT2D eigenvalue weighted by molar-refractivity contribution is 5.44. The average Bonchev–Trinajstić information content (AvgIpc) is 2.44. The third-order valence-electron chi connectivity index (χ3n) is 3.79. The number of nitrogens with zero attached hydrogens (tertiary/aromatic N) is 1. The van der Waals surface area contributed by atoms with Gasteiger partial charge in [0.15, 0.2) is 0 Å². The van der Waals surface area contributed by atoms with Crippen LogP contribution in [0.4, 0.5) is 17.6 Å². The van der Waals surface area contributed by atoms with Gasteiger partial charge in [-0.25, -0.2) is 4.39 Å². The maximum atomic E-state index is 14.0. The fraction of sp³-hybridized carbons (Fsp3) is 0.600. The maximum absolute atomic E-state index is 14.0. The van der Waals surface area contributed by atoms with Gasteiger partial charge >= 0.3 is 6.18 Å². The van der Waals surface area contributed by atoms with E-state index in [1.807, 2.05) is 4.90 Å². The lowest BCUT2D eigenvalue weighted by Crippen LogP contribution is -2.38. The molecule has 0 N–H and O–H groups in total. The summed E-state index contributed by atoms with van der Waals surface area (Å²) in [6, 6.07) is 1.25. The second-order valence-electron chi connectivity index (χ2n) is 5.31. The van der Waals surface area contributed by atoms with Crippen LogP contribution in [0.5, 0.6) is 5.75 Å². The molecule has 0 unspecified atom stereocenters. The van der Waals surface area contributed by atoms with Gasteiger partial charge in [-0.15, -0.1) is 0 Å². The van der Waals surface area contributed by atoms with Crippen LogP contribution in [0.15, 0.2) is 6.07 Å². The third-order valence-corrected chi connectivity index (χ3v) is 3.79. The molecule has 1 saturated heterocycles. The van der Waals surface area contributed by atoms with Gasteiger partial charge in [-0.2, -0.15) is 13.2 Å². The van der Waals surface area contributed by atoms with E-state index in [-0.39, 0.29) is 12.2 Å². The van der Waals surface area contributed by atoms with E-state index < -0.39 is 23.3 Å². The summed E-state index contributed by atoms with van der Waals surface area (Å²) in [5.41, 5.74) is -0.891. The maximum Gasteiger partial charge on any atom is 0.422 e. The van der Waals surface area contributed by atoms with E-state index in [1.165, 1.54) is 13.0 Å². The zero-order valence-corrected chi connectivity index (χ0v) is 12.6. The number of rotatable bonds is 4. The van der Waals surface area contributed by atoms with Gasteiger partial charge in [-0.3, -0.25) is 4.90 Å². The Kier molecular flexibility index (Phi) is 5.28. The largest absolute Gasteiger partial charge is 0.491 e. The molecule has 7 heteroatoms. The van der Waals surface area contributed by atoms with Crippen molar-refractivity contribution in [3.05, 3.63) is 28.6 Å². The van der Waals surface area contributed by atoms with Crippen molar-refractivity contribution in [1.82, 2.24) is 4.90 Å². The van der Waals surface area contributed by atoms with Crippen molar-refractivity contribution in [1.29, 1.82) is 0 Å². The standard InChI is InChI=1S/C15H19F4NO2/c1-10-9-12(13(15(17,18)19)14(16)11(10)2)22-8-5-20-3-6-21-7-4-20/h9H,3-8H2,1-2H3. The lowest BCUT2D eigenvalue weighted by Gasteiger charge is -2.26. The molecule has 3 nitrogen and oxygen atoms in total. The molecule has 2 rings (SSSR count). The molecule has 0 radical (unpaired) electrons. The molecule has 0 bridgehead atoms. The van der Waals surface area contributed by atoms with Crippen molar-refractivity contribution in [2.75, 3.05) is 39.5 Å². The molecular weight excluding hydrogens is 302 g/mol. The first kappa shape index (κ1) is 17.0. The van der Waals surface area contributed by atoms with Crippen molar-refractivity contribution < 1.29 is 27.0 Å². The van der Waals surface area contributed by atoms with E-state index in [0.29, 0.717) is 25.3 Å². The van der Waals surface area contributed by atoms with Gasteiger partial charge in [0.05, 0.1) is 13.2 Å². The van der Waals surface area contributed by atoms with E-state index in [1.54, 1.807) is 6.92 Å². The minimum atomic E-state index is -4.78. The van der Waals surface area contributed by atoms with Crippen LogP contribution in [-0.2, 0) is 10.9 Å². The minimum absolute atomic E-state index is 0.00662. The topological polar surface area (TPSA) is 21.7 Å². The molecule has 1 aliphatic heterocycles. The molecule has 1 fully saturated rings. The zero-order valence-electron chi connectivity index (χ0n) is 12.6. The second kappa shape index (κ2) is 6.83. The average molecular weight is 321 g/mol. The van der Waals surface area contributed by atoms with Crippen LogP contribution in [0.25, 0.3) is 0 Å². The van der Waals surface area contributed by atoms with E-state index in [4.69, 9.17) is 9.47 Å². The molecule has 1 aromatic carbocycles. The first-order chi connectivity index (χ1) is 10.3. The summed E-state index contributed by atoms with van der Waals surface area (Å²) in [5, 5.41) is 0. The third kappa shape index (κ3) is 3.89. The van der Waals surface area contributed by atoms with Crippen molar-refractivity contribution in [3.8, 4) is 5.75 Å². The van der Waals surface area contributed by atoms with Crippen LogP contribution in [0.2, 0.25) is 0 Å². The van der Waals surface area contributed by atoms with Gasteiger partial charge in [0, 0.05) is 19.6 Å². The molecule has 22 heavy (non-hydrogen) atoms. The predicted molar refractivity (Wildman–Crippen MR) is 73.6 cm³/mol. The molecule has 0 amide bonds. The van der Waals surface area contributed by atoms with E-state index in [2.05, 4.69) is 0 Å². The van der Waals surface area contributed by atoms with Crippen LogP contribution in [0.1, 0.15) is 16.7 Å². The Morgan fingerprint density at radius 3 is 2.45 bits per heavy atom. The summed E-state index contributed by atoms with van der Waals surface area (Å²) < 4.78 is 63.6. The number of alkyl halides is 3. The first-order valence-electron chi connectivity index (χ1n) is 7.10. The Morgan fingerprint density at radius 2 is 1.86 bits per heavy atom. The molecule has 0 saturated carbocycles. The molecule has 1 aliphatic rings. The van der Waals surface area contributed by atoms with Crippen LogP contribution >= 0.6 is 0 Å². The van der Waals surface area contributed by atoms with Crippen LogP contribution in [-0.4, -0.2) is 44.4 Å². The number of hydrogen-bond donors (Lipinski definition) is 0. The summed E-state index contributed by atoms with van der Waals surface area (Å²) in [4.78, 5) is 2.04. The smallest absolute Gasteiger partial charge is 0.422 e. The van der Waals surface area contributed by atoms with Gasteiger partial charge in [-0.05, 0) is 31.0 Å². The quantitative estimate of drug-likeness (QED) is 0.795. The summed E-state index contributed by atoms with van der Waals surface area (Å²) in [6.45, 7) is 6.09. The highest BCUT2D eigenvalue weighted by Crippen LogP contribution is 2.40. The van der Waals surface area contributed by atoms with E-state index in [0.717, 1.165) is 13.1 Å². The molecule has 1 heterocycles. The van der Waals surface area contributed by atoms with Gasteiger partial charge < -0.3 is 9.47 Å². The Hall–Kier alpha value is -1.34. The van der Waals surface area contributed by atoms with Crippen molar-refractivity contribution >= 4 is 0 Å². The van der Waals surface area contributed by atoms with Crippen LogP contribution < -0.4 is 4.74 Å². The first-order valence-corrected chi connectivity index (χ1v) is 7.10. The Balaban J connectivity index is 2.12. The number of ether oxygens (including phenoxy) is 2. The summed E-state index contributed by atoms with van der Waals surface area (Å²) in [7, 11) is 0. The normalized spacial score (nSPS) is 16.8. The molecule has 0 atom stereocenters. The lowest BCUT2D eigenvalue weighted by molar-refractivity contribution is -0.141. The van der Waals surface area contributed by atoms with Crippen molar-refractivity contribution in [2.45, 2.75) is 20.0 Å². The SMILES string of the molecule is Cc1cc(OCCN2CCOCC2)c(C(F)(F)F)c(F)c1C. The fourth-order valence-electron chi connectivity index (χ4n) is 2.33. The molecule has 0 aliphatic carbocycles. The van der Waals surface area contributed by atoms with Crippen LogP contribution in [0, 0.1) is 19.7 Å². The van der Waals surface area contributed by atoms with E-state index in [9.17, 15) is 17.6 Å². The number of hydrogen-bond acceptors (Lipinski definition) is 3. The second-order valence-corrected chi connectivity index (χ2v) is 5.31. The number of halogens is 4. The van der Waals surface area contributed by atoms with Gasteiger partial charge in [0.2, 0.25) is 0 Å².